The van der Waals surface area contributed by atoms with Gasteiger partial charge in [-0.1, -0.05) is 12.1 Å². The summed E-state index contributed by atoms with van der Waals surface area (Å²) >= 11 is 0. The van der Waals surface area contributed by atoms with Gasteiger partial charge in [0.25, 0.3) is 5.91 Å². The van der Waals surface area contributed by atoms with E-state index in [0.717, 1.165) is 0 Å². The minimum absolute atomic E-state index is 0.0934. The highest BCUT2D eigenvalue weighted by Crippen LogP contribution is 2.31. The number of para-hydroxylation sites is 2. The summed E-state index contributed by atoms with van der Waals surface area (Å²) in [4.78, 5) is 24.6. The largest absolute Gasteiger partial charge is 0.432 e. The molecule has 1 aliphatic rings. The fraction of sp³-hybridized carbons (Fsp3) is 0.333. The van der Waals surface area contributed by atoms with Gasteiger partial charge in [0.15, 0.2) is 5.69 Å². The molecule has 0 aliphatic carbocycles. The molecule has 1 aliphatic heterocycles. The molecule has 24 heavy (non-hydrogen) atoms. The van der Waals surface area contributed by atoms with Gasteiger partial charge in [-0.3, -0.25) is 14.9 Å². The van der Waals surface area contributed by atoms with Crippen LogP contribution in [0.2, 0.25) is 0 Å². The minimum atomic E-state index is -0.522. The molecule has 2 aromatic rings. The van der Waals surface area contributed by atoms with Crippen LogP contribution in [-0.2, 0) is 11.8 Å². The number of hydrogen-bond donors (Lipinski definition) is 0. The fourth-order valence-electron chi connectivity index (χ4n) is 2.39. The lowest BCUT2D eigenvalue weighted by Crippen LogP contribution is -2.40. The van der Waals surface area contributed by atoms with Crippen molar-refractivity contribution in [1.29, 1.82) is 0 Å². The lowest BCUT2D eigenvalue weighted by molar-refractivity contribution is -0.385. The third-order valence-electron chi connectivity index (χ3n) is 3.63. The van der Waals surface area contributed by atoms with Gasteiger partial charge in [0.2, 0.25) is 11.6 Å². The number of morpholine rings is 1. The van der Waals surface area contributed by atoms with E-state index in [4.69, 9.17) is 9.47 Å². The van der Waals surface area contributed by atoms with Gasteiger partial charge in [-0.05, 0) is 6.07 Å². The van der Waals surface area contributed by atoms with E-state index in [0.29, 0.717) is 26.3 Å². The Morgan fingerprint density at radius 3 is 2.75 bits per heavy atom. The Morgan fingerprint density at radius 2 is 2.04 bits per heavy atom. The van der Waals surface area contributed by atoms with Crippen molar-refractivity contribution >= 4 is 11.6 Å². The van der Waals surface area contributed by atoms with Crippen LogP contribution >= 0.6 is 0 Å². The Balaban J connectivity index is 1.82. The Labute approximate surface area is 137 Å². The van der Waals surface area contributed by atoms with Crippen LogP contribution in [0.1, 0.15) is 10.5 Å². The number of rotatable bonds is 4. The van der Waals surface area contributed by atoms with Crippen molar-refractivity contribution < 1.29 is 19.2 Å². The first-order valence-corrected chi connectivity index (χ1v) is 7.38. The predicted octanol–water partition coefficient (Wildman–Crippen LogP) is 1.59. The number of carbonyl (C=O) groups is 1. The summed E-state index contributed by atoms with van der Waals surface area (Å²) in [7, 11) is 1.61. The molecular formula is C15H16N4O5. The molecule has 2 heterocycles. The molecule has 0 spiro atoms. The van der Waals surface area contributed by atoms with Crippen molar-refractivity contribution in [2.75, 3.05) is 26.3 Å². The summed E-state index contributed by atoms with van der Waals surface area (Å²) < 4.78 is 12.2. The summed E-state index contributed by atoms with van der Waals surface area (Å²) in [6.45, 7) is 2.02. The number of nitrogens with zero attached hydrogens (tertiary/aromatic N) is 4. The number of nitro groups is 1. The Bertz CT molecular complexity index is 767. The molecule has 0 saturated carbocycles. The van der Waals surface area contributed by atoms with Crippen LogP contribution in [-0.4, -0.2) is 51.8 Å². The van der Waals surface area contributed by atoms with E-state index in [9.17, 15) is 14.9 Å². The fourth-order valence-corrected chi connectivity index (χ4v) is 2.39. The highest BCUT2D eigenvalue weighted by atomic mass is 16.6. The van der Waals surface area contributed by atoms with E-state index in [1.165, 1.54) is 22.9 Å². The number of benzene rings is 1. The zero-order valence-electron chi connectivity index (χ0n) is 13.0. The van der Waals surface area contributed by atoms with Gasteiger partial charge in [0, 0.05) is 32.3 Å². The van der Waals surface area contributed by atoms with Crippen molar-refractivity contribution in [3.8, 4) is 11.6 Å². The summed E-state index contributed by atoms with van der Waals surface area (Å²) in [5.74, 6) is 0.128. The van der Waals surface area contributed by atoms with Crippen LogP contribution in [0.25, 0.3) is 0 Å². The van der Waals surface area contributed by atoms with E-state index >= 15 is 0 Å². The molecule has 1 aromatic heterocycles. The average molecular weight is 332 g/mol. The predicted molar refractivity (Wildman–Crippen MR) is 83.1 cm³/mol. The number of aromatic nitrogens is 2. The molecule has 126 valence electrons. The summed E-state index contributed by atoms with van der Waals surface area (Å²) in [5, 5.41) is 15.2. The Kier molecular flexibility index (Phi) is 4.43. The molecule has 9 nitrogen and oxygen atoms in total. The van der Waals surface area contributed by atoms with Gasteiger partial charge in [-0.25, -0.2) is 4.68 Å². The third-order valence-corrected chi connectivity index (χ3v) is 3.63. The smallest absolute Gasteiger partial charge is 0.311 e. The van der Waals surface area contributed by atoms with Gasteiger partial charge < -0.3 is 14.4 Å². The molecule has 1 saturated heterocycles. The second-order valence-corrected chi connectivity index (χ2v) is 5.22. The topological polar surface area (TPSA) is 99.7 Å². The van der Waals surface area contributed by atoms with Gasteiger partial charge >= 0.3 is 5.69 Å². The molecule has 1 amide bonds. The molecule has 1 fully saturated rings. The number of amides is 1. The first-order chi connectivity index (χ1) is 11.6. The molecule has 0 radical (unpaired) electrons. The standard InChI is InChI=1S/C15H16N4O5/c1-17-14(24-13-5-3-2-4-12(13)19(21)22)10-11(16-17)15(20)18-6-8-23-9-7-18/h2-5,10H,6-9H2,1H3. The quantitative estimate of drug-likeness (QED) is 0.623. The van der Waals surface area contributed by atoms with Crippen molar-refractivity contribution in [1.82, 2.24) is 14.7 Å². The Morgan fingerprint density at radius 1 is 1.33 bits per heavy atom. The lowest BCUT2D eigenvalue weighted by Gasteiger charge is -2.25. The average Bonchev–Trinajstić information content (AvgIpc) is 2.96. The number of nitro benzene ring substituents is 1. The SMILES string of the molecule is Cn1nc(C(=O)N2CCOCC2)cc1Oc1ccccc1[N+](=O)[O-]. The van der Waals surface area contributed by atoms with Crippen molar-refractivity contribution in [3.63, 3.8) is 0 Å². The van der Waals surface area contributed by atoms with Gasteiger partial charge in [0.1, 0.15) is 0 Å². The minimum Gasteiger partial charge on any atom is -0.432 e. The first kappa shape index (κ1) is 15.9. The zero-order valence-corrected chi connectivity index (χ0v) is 13.0. The van der Waals surface area contributed by atoms with Gasteiger partial charge in [-0.2, -0.15) is 5.10 Å². The zero-order chi connectivity index (χ0) is 17.1. The number of ether oxygens (including phenoxy) is 2. The second-order valence-electron chi connectivity index (χ2n) is 5.22. The van der Waals surface area contributed by atoms with Crippen molar-refractivity contribution in [2.24, 2.45) is 7.05 Å². The van der Waals surface area contributed by atoms with Crippen LogP contribution < -0.4 is 4.74 Å². The van der Waals surface area contributed by atoms with Crippen LogP contribution in [0.3, 0.4) is 0 Å². The van der Waals surface area contributed by atoms with Crippen LogP contribution in [0.5, 0.6) is 11.6 Å². The molecule has 9 heteroatoms. The van der Waals surface area contributed by atoms with Crippen LogP contribution in [0.15, 0.2) is 30.3 Å². The molecule has 0 bridgehead atoms. The summed E-state index contributed by atoms with van der Waals surface area (Å²) in [6.07, 6.45) is 0. The summed E-state index contributed by atoms with van der Waals surface area (Å²) in [6, 6.07) is 7.52. The van der Waals surface area contributed by atoms with E-state index in [-0.39, 0.29) is 28.9 Å². The van der Waals surface area contributed by atoms with Crippen molar-refractivity contribution in [2.45, 2.75) is 0 Å². The van der Waals surface area contributed by atoms with E-state index in [2.05, 4.69) is 5.10 Å². The normalized spacial score (nSPS) is 14.5. The second kappa shape index (κ2) is 6.67. The maximum absolute atomic E-state index is 12.4. The molecule has 0 N–H and O–H groups in total. The van der Waals surface area contributed by atoms with Crippen LogP contribution in [0, 0.1) is 10.1 Å². The monoisotopic (exact) mass is 332 g/mol. The van der Waals surface area contributed by atoms with Crippen molar-refractivity contribution in [3.05, 3.63) is 46.1 Å². The number of aryl methyl sites for hydroxylation is 1. The lowest BCUT2D eigenvalue weighted by atomic mass is 10.3. The van der Waals surface area contributed by atoms with Crippen LogP contribution in [0.4, 0.5) is 5.69 Å². The maximum Gasteiger partial charge on any atom is 0.311 e. The van der Waals surface area contributed by atoms with Gasteiger partial charge in [-0.15, -0.1) is 0 Å². The van der Waals surface area contributed by atoms with E-state index in [1.807, 2.05) is 0 Å². The third kappa shape index (κ3) is 3.20. The molecular weight excluding hydrogens is 316 g/mol. The van der Waals surface area contributed by atoms with E-state index < -0.39 is 4.92 Å². The van der Waals surface area contributed by atoms with Gasteiger partial charge in [0.05, 0.1) is 18.1 Å². The number of carbonyl (C=O) groups excluding carboxylic acids is 1. The maximum atomic E-state index is 12.4. The molecule has 1 aromatic carbocycles. The molecule has 0 unspecified atom stereocenters. The highest BCUT2D eigenvalue weighted by Gasteiger charge is 2.23. The highest BCUT2D eigenvalue weighted by molar-refractivity contribution is 5.92. The molecule has 0 atom stereocenters. The van der Waals surface area contributed by atoms with E-state index in [1.54, 1.807) is 24.1 Å². The Hall–Kier alpha value is -2.94. The first-order valence-electron chi connectivity index (χ1n) is 7.38. The summed E-state index contributed by atoms with van der Waals surface area (Å²) in [5.41, 5.74) is 0.0766. The number of hydrogen-bond acceptors (Lipinski definition) is 6. The molecule has 3 rings (SSSR count).